The predicted octanol–water partition coefficient (Wildman–Crippen LogP) is 2.77. The van der Waals surface area contributed by atoms with Crippen molar-refractivity contribution in [3.05, 3.63) is 34.4 Å². The molecule has 1 aliphatic rings. The van der Waals surface area contributed by atoms with Crippen LogP contribution in [-0.2, 0) is 12.7 Å². The molecule has 0 aromatic heterocycles. The lowest BCUT2D eigenvalue weighted by atomic mass is 9.99. The summed E-state index contributed by atoms with van der Waals surface area (Å²) in [6, 6.07) is 1.33. The highest BCUT2D eigenvalue weighted by atomic mass is 19.4. The number of benzene rings is 1. The fraction of sp³-hybridized carbons (Fsp3) is 0.385. The Kier molecular flexibility index (Phi) is 3.23. The first-order valence-corrected chi connectivity index (χ1v) is 5.91. The van der Waals surface area contributed by atoms with Crippen LogP contribution in [0.2, 0.25) is 0 Å². The molecule has 0 aliphatic carbocycles. The molecule has 0 fully saturated rings. The van der Waals surface area contributed by atoms with E-state index in [-0.39, 0.29) is 23.7 Å². The van der Waals surface area contributed by atoms with E-state index < -0.39 is 29.2 Å². The maximum Gasteiger partial charge on any atom is 0.416 e. The van der Waals surface area contributed by atoms with Gasteiger partial charge in [0, 0.05) is 18.2 Å². The SMILES string of the molecule is CC(C)N1Cc2c(cc(C(=O)O)cc2C(F)(F)F)C1=O. The molecular formula is C13H12F3NO3. The van der Waals surface area contributed by atoms with Crippen molar-refractivity contribution in [1.29, 1.82) is 0 Å². The van der Waals surface area contributed by atoms with Crippen molar-refractivity contribution in [2.75, 3.05) is 0 Å². The number of hydrogen-bond acceptors (Lipinski definition) is 2. The van der Waals surface area contributed by atoms with Crippen molar-refractivity contribution < 1.29 is 27.9 Å². The highest BCUT2D eigenvalue weighted by Gasteiger charge is 2.41. The maximum atomic E-state index is 13.0. The van der Waals surface area contributed by atoms with Gasteiger partial charge in [-0.1, -0.05) is 0 Å². The lowest BCUT2D eigenvalue weighted by molar-refractivity contribution is -0.138. The lowest BCUT2D eigenvalue weighted by Crippen LogP contribution is -2.30. The molecule has 1 aromatic carbocycles. The standard InChI is InChI=1S/C13H12F3NO3/c1-6(2)17-5-9-8(11(17)18)3-7(12(19)20)4-10(9)13(14,15)16/h3-4,6H,5H2,1-2H3,(H,19,20). The number of carbonyl (C=O) groups is 2. The van der Waals surface area contributed by atoms with Gasteiger partial charge in [0.2, 0.25) is 0 Å². The summed E-state index contributed by atoms with van der Waals surface area (Å²) >= 11 is 0. The van der Waals surface area contributed by atoms with E-state index in [0.29, 0.717) is 6.07 Å². The zero-order valence-corrected chi connectivity index (χ0v) is 10.8. The number of alkyl halides is 3. The van der Waals surface area contributed by atoms with Crippen molar-refractivity contribution in [2.24, 2.45) is 0 Å². The number of halogens is 3. The van der Waals surface area contributed by atoms with Crippen LogP contribution in [0.3, 0.4) is 0 Å². The summed E-state index contributed by atoms with van der Waals surface area (Å²) in [5.41, 5.74) is -1.91. The van der Waals surface area contributed by atoms with E-state index in [1.54, 1.807) is 13.8 Å². The predicted molar refractivity (Wildman–Crippen MR) is 63.4 cm³/mol. The van der Waals surface area contributed by atoms with Crippen molar-refractivity contribution in [1.82, 2.24) is 4.90 Å². The van der Waals surface area contributed by atoms with Crippen molar-refractivity contribution in [2.45, 2.75) is 32.6 Å². The largest absolute Gasteiger partial charge is 0.478 e. The monoisotopic (exact) mass is 287 g/mol. The fourth-order valence-corrected chi connectivity index (χ4v) is 2.22. The summed E-state index contributed by atoms with van der Waals surface area (Å²) in [5.74, 6) is -2.06. The summed E-state index contributed by atoms with van der Waals surface area (Å²) < 4.78 is 39.1. The van der Waals surface area contributed by atoms with E-state index in [2.05, 4.69) is 0 Å². The van der Waals surface area contributed by atoms with Gasteiger partial charge >= 0.3 is 12.1 Å². The number of carbonyl (C=O) groups excluding carboxylic acids is 1. The van der Waals surface area contributed by atoms with Gasteiger partial charge in [-0.05, 0) is 31.5 Å². The zero-order chi connectivity index (χ0) is 15.2. The van der Waals surface area contributed by atoms with Crippen molar-refractivity contribution in [3.63, 3.8) is 0 Å². The Morgan fingerprint density at radius 3 is 2.40 bits per heavy atom. The molecule has 108 valence electrons. The lowest BCUT2D eigenvalue weighted by Gasteiger charge is -2.20. The molecule has 4 nitrogen and oxygen atoms in total. The van der Waals surface area contributed by atoms with Crippen molar-refractivity contribution in [3.8, 4) is 0 Å². The molecule has 1 heterocycles. The molecule has 0 unspecified atom stereocenters. The van der Waals surface area contributed by atoms with Crippen LogP contribution in [0, 0.1) is 0 Å². The molecule has 1 aliphatic heterocycles. The second kappa shape index (κ2) is 4.50. The topological polar surface area (TPSA) is 57.6 Å². The Hall–Kier alpha value is -2.05. The molecule has 0 radical (unpaired) electrons. The van der Waals surface area contributed by atoms with Gasteiger partial charge in [0.15, 0.2) is 0 Å². The molecule has 0 atom stereocenters. The molecule has 1 amide bonds. The maximum absolute atomic E-state index is 13.0. The van der Waals surface area contributed by atoms with Crippen LogP contribution < -0.4 is 0 Å². The van der Waals surface area contributed by atoms with E-state index >= 15 is 0 Å². The Bertz CT molecular complexity index is 593. The summed E-state index contributed by atoms with van der Waals surface area (Å²) in [6.07, 6.45) is -4.69. The Labute approximate surface area is 112 Å². The Balaban J connectivity index is 2.66. The number of carboxylic acids is 1. The fourth-order valence-electron chi connectivity index (χ4n) is 2.22. The summed E-state index contributed by atoms with van der Waals surface area (Å²) in [5, 5.41) is 8.88. The minimum Gasteiger partial charge on any atom is -0.478 e. The molecule has 0 saturated heterocycles. The number of aromatic carboxylic acids is 1. The normalized spacial score (nSPS) is 14.9. The number of nitrogens with zero attached hydrogens (tertiary/aromatic N) is 1. The Morgan fingerprint density at radius 1 is 1.35 bits per heavy atom. The van der Waals surface area contributed by atoms with Gasteiger partial charge in [-0.25, -0.2) is 4.79 Å². The molecule has 2 rings (SSSR count). The smallest absolute Gasteiger partial charge is 0.416 e. The minimum absolute atomic E-state index is 0.152. The van der Waals surface area contributed by atoms with Crippen LogP contribution in [0.4, 0.5) is 13.2 Å². The van der Waals surface area contributed by atoms with Gasteiger partial charge in [0.05, 0.1) is 11.1 Å². The van der Waals surface area contributed by atoms with Crippen molar-refractivity contribution >= 4 is 11.9 Å². The quantitative estimate of drug-likeness (QED) is 0.910. The summed E-state index contributed by atoms with van der Waals surface area (Å²) in [4.78, 5) is 24.3. The van der Waals surface area contributed by atoms with Gasteiger partial charge in [-0.15, -0.1) is 0 Å². The Morgan fingerprint density at radius 2 is 1.95 bits per heavy atom. The van der Waals surface area contributed by atoms with E-state index in [0.717, 1.165) is 6.07 Å². The minimum atomic E-state index is -4.69. The number of fused-ring (bicyclic) bond motifs is 1. The highest BCUT2D eigenvalue weighted by molar-refractivity contribution is 6.01. The first-order chi connectivity index (χ1) is 9.12. The average Bonchev–Trinajstić information content (AvgIpc) is 2.64. The van der Waals surface area contributed by atoms with Crippen LogP contribution in [0.1, 0.15) is 45.7 Å². The molecule has 0 bridgehead atoms. The number of carboxylic acid groups (broad SMARTS) is 1. The van der Waals surface area contributed by atoms with E-state index in [1.165, 1.54) is 4.90 Å². The van der Waals surface area contributed by atoms with Gasteiger partial charge in [-0.2, -0.15) is 13.2 Å². The molecule has 0 spiro atoms. The average molecular weight is 287 g/mol. The van der Waals surface area contributed by atoms with Gasteiger partial charge < -0.3 is 10.0 Å². The molecule has 7 heteroatoms. The van der Waals surface area contributed by atoms with Crippen LogP contribution in [0.5, 0.6) is 0 Å². The molecule has 1 aromatic rings. The molecular weight excluding hydrogens is 275 g/mol. The van der Waals surface area contributed by atoms with Gasteiger partial charge in [-0.3, -0.25) is 4.79 Å². The van der Waals surface area contributed by atoms with E-state index in [1.807, 2.05) is 0 Å². The van der Waals surface area contributed by atoms with E-state index in [4.69, 9.17) is 5.11 Å². The van der Waals surface area contributed by atoms with Gasteiger partial charge in [0.1, 0.15) is 0 Å². The third-order valence-electron chi connectivity index (χ3n) is 3.25. The zero-order valence-electron chi connectivity index (χ0n) is 10.8. The molecule has 20 heavy (non-hydrogen) atoms. The first-order valence-electron chi connectivity index (χ1n) is 5.91. The van der Waals surface area contributed by atoms with Crippen LogP contribution >= 0.6 is 0 Å². The van der Waals surface area contributed by atoms with Crippen LogP contribution in [0.15, 0.2) is 12.1 Å². The van der Waals surface area contributed by atoms with Crippen LogP contribution in [-0.4, -0.2) is 27.9 Å². The third-order valence-corrected chi connectivity index (χ3v) is 3.25. The molecule has 1 N–H and O–H groups in total. The van der Waals surface area contributed by atoms with Crippen LogP contribution in [0.25, 0.3) is 0 Å². The number of rotatable bonds is 2. The second-order valence-corrected chi connectivity index (χ2v) is 4.88. The third kappa shape index (κ3) is 2.23. The van der Waals surface area contributed by atoms with E-state index in [9.17, 15) is 22.8 Å². The second-order valence-electron chi connectivity index (χ2n) is 4.88. The first kappa shape index (κ1) is 14.4. The summed E-state index contributed by atoms with van der Waals surface area (Å²) in [7, 11) is 0. The highest BCUT2D eigenvalue weighted by Crippen LogP contribution is 2.38. The van der Waals surface area contributed by atoms with Gasteiger partial charge in [0.25, 0.3) is 5.91 Å². The molecule has 0 saturated carbocycles. The summed E-state index contributed by atoms with van der Waals surface area (Å²) in [6.45, 7) is 3.23. The number of amides is 1. The number of hydrogen-bond donors (Lipinski definition) is 1.